The van der Waals surface area contributed by atoms with Gasteiger partial charge < -0.3 is 19.8 Å². The van der Waals surface area contributed by atoms with Gasteiger partial charge in [0, 0.05) is 52.0 Å². The zero-order valence-electron chi connectivity index (χ0n) is 19.6. The van der Waals surface area contributed by atoms with Crippen LogP contribution in [0.3, 0.4) is 0 Å². The molecule has 3 aromatic carbocycles. The van der Waals surface area contributed by atoms with Gasteiger partial charge in [-0.3, -0.25) is 9.59 Å². The predicted molar refractivity (Wildman–Crippen MR) is 141 cm³/mol. The van der Waals surface area contributed by atoms with Crippen molar-refractivity contribution in [3.8, 4) is 16.9 Å². The number of anilines is 2. The molecule has 0 spiro atoms. The molecule has 4 aromatic rings. The van der Waals surface area contributed by atoms with Crippen molar-refractivity contribution < 1.29 is 18.7 Å². The van der Waals surface area contributed by atoms with E-state index in [0.29, 0.717) is 34.3 Å². The zero-order valence-corrected chi connectivity index (χ0v) is 20.4. The fourth-order valence-electron chi connectivity index (χ4n) is 3.82. The maximum absolute atomic E-state index is 12.8. The van der Waals surface area contributed by atoms with E-state index >= 15 is 0 Å². The van der Waals surface area contributed by atoms with Crippen molar-refractivity contribution in [1.82, 2.24) is 0 Å². The lowest BCUT2D eigenvalue weighted by Gasteiger charge is -2.12. The molecule has 0 atom stereocenters. The van der Waals surface area contributed by atoms with Gasteiger partial charge in [-0.2, -0.15) is 0 Å². The molecule has 0 aliphatic rings. The van der Waals surface area contributed by atoms with Gasteiger partial charge in [-0.15, -0.1) is 0 Å². The first-order chi connectivity index (χ1) is 16.8. The minimum atomic E-state index is -0.296. The van der Waals surface area contributed by atoms with Crippen LogP contribution in [0.25, 0.3) is 27.7 Å². The highest BCUT2D eigenvalue weighted by Gasteiger charge is 2.15. The van der Waals surface area contributed by atoms with E-state index in [1.54, 1.807) is 30.5 Å². The molecule has 1 aromatic heterocycles. The fraction of sp³-hybridized carbons (Fsp3) is 0.143. The SMILES string of the molecule is CCOc1cc2occ(-c3ccc(Cl)cc3)c2cc1/C(C)=C/C(=O)Nc1cccc(NC(C)=O)c1. The van der Waals surface area contributed by atoms with Crippen LogP contribution in [0.2, 0.25) is 5.02 Å². The highest BCUT2D eigenvalue weighted by Crippen LogP contribution is 2.37. The van der Waals surface area contributed by atoms with Gasteiger partial charge >= 0.3 is 0 Å². The molecule has 0 fully saturated rings. The topological polar surface area (TPSA) is 80.6 Å². The van der Waals surface area contributed by atoms with E-state index in [4.69, 9.17) is 20.8 Å². The Morgan fingerprint density at radius 1 is 1.00 bits per heavy atom. The molecule has 2 amide bonds. The van der Waals surface area contributed by atoms with Gasteiger partial charge in [0.2, 0.25) is 11.8 Å². The van der Waals surface area contributed by atoms with Crippen molar-refractivity contribution in [2.24, 2.45) is 0 Å². The molecule has 0 saturated carbocycles. The first-order valence-electron chi connectivity index (χ1n) is 11.2. The highest BCUT2D eigenvalue weighted by atomic mass is 35.5. The van der Waals surface area contributed by atoms with E-state index in [2.05, 4.69) is 10.6 Å². The van der Waals surface area contributed by atoms with Crippen LogP contribution in [0.1, 0.15) is 26.3 Å². The highest BCUT2D eigenvalue weighted by molar-refractivity contribution is 6.30. The van der Waals surface area contributed by atoms with Gasteiger partial charge in [0.25, 0.3) is 0 Å². The van der Waals surface area contributed by atoms with Gasteiger partial charge in [0.1, 0.15) is 11.3 Å². The number of hydrogen-bond donors (Lipinski definition) is 2. The smallest absolute Gasteiger partial charge is 0.248 e. The Labute approximate surface area is 208 Å². The summed E-state index contributed by atoms with van der Waals surface area (Å²) in [5, 5.41) is 7.11. The standard InChI is InChI=1S/C28H25ClN2O4/c1-4-34-26-15-27-24(25(16-35-27)19-8-10-20(29)11-9-19)14-23(26)17(2)12-28(33)31-22-7-5-6-21(13-22)30-18(3)32/h5-16H,4H2,1-3H3,(H,30,32)(H,31,33)/b17-12+. The first-order valence-corrected chi connectivity index (χ1v) is 11.5. The molecule has 1 heterocycles. The molecule has 6 nitrogen and oxygen atoms in total. The molecule has 0 radical (unpaired) electrons. The summed E-state index contributed by atoms with van der Waals surface area (Å²) in [4.78, 5) is 24.1. The third-order valence-electron chi connectivity index (χ3n) is 5.35. The number of carbonyl (C=O) groups is 2. The molecule has 0 aliphatic heterocycles. The number of ether oxygens (including phenoxy) is 1. The van der Waals surface area contributed by atoms with E-state index in [0.717, 1.165) is 27.6 Å². The summed E-state index contributed by atoms with van der Waals surface area (Å²) in [6.07, 6.45) is 3.23. The molecule has 0 aliphatic carbocycles. The molecule has 178 valence electrons. The Morgan fingerprint density at radius 3 is 2.40 bits per heavy atom. The summed E-state index contributed by atoms with van der Waals surface area (Å²) >= 11 is 6.05. The normalized spacial score (nSPS) is 11.4. The Hall–Kier alpha value is -4.03. The zero-order chi connectivity index (χ0) is 24.9. The lowest BCUT2D eigenvalue weighted by atomic mass is 9.99. The average molecular weight is 489 g/mol. The summed E-state index contributed by atoms with van der Waals surface area (Å²) < 4.78 is 11.7. The number of carbonyl (C=O) groups excluding carboxylic acids is 2. The predicted octanol–water partition coefficient (Wildman–Crippen LogP) is 7.15. The third-order valence-corrected chi connectivity index (χ3v) is 5.61. The van der Waals surface area contributed by atoms with Crippen LogP contribution in [0.5, 0.6) is 5.75 Å². The Morgan fingerprint density at radius 2 is 1.71 bits per heavy atom. The van der Waals surface area contributed by atoms with Crippen LogP contribution in [-0.4, -0.2) is 18.4 Å². The lowest BCUT2D eigenvalue weighted by molar-refractivity contribution is -0.114. The second kappa shape index (κ2) is 10.5. The van der Waals surface area contributed by atoms with Crippen LogP contribution in [0, 0.1) is 0 Å². The number of hydrogen-bond acceptors (Lipinski definition) is 4. The molecular formula is C28H25ClN2O4. The number of rotatable bonds is 7. The van der Waals surface area contributed by atoms with Gasteiger partial charge in [-0.1, -0.05) is 29.8 Å². The van der Waals surface area contributed by atoms with Crippen LogP contribution in [-0.2, 0) is 9.59 Å². The van der Waals surface area contributed by atoms with Crippen molar-refractivity contribution in [3.05, 3.63) is 83.6 Å². The van der Waals surface area contributed by atoms with E-state index in [9.17, 15) is 9.59 Å². The van der Waals surface area contributed by atoms with Gasteiger partial charge in [-0.05, 0) is 61.4 Å². The van der Waals surface area contributed by atoms with Gasteiger partial charge in [0.05, 0.1) is 12.9 Å². The quantitative estimate of drug-likeness (QED) is 0.270. The number of fused-ring (bicyclic) bond motifs is 1. The Balaban J connectivity index is 1.66. The largest absolute Gasteiger partial charge is 0.493 e. The van der Waals surface area contributed by atoms with Crippen molar-refractivity contribution in [2.45, 2.75) is 20.8 Å². The van der Waals surface area contributed by atoms with Crippen molar-refractivity contribution in [3.63, 3.8) is 0 Å². The Bertz CT molecular complexity index is 1420. The van der Waals surface area contributed by atoms with E-state index in [-0.39, 0.29) is 11.8 Å². The number of nitrogens with one attached hydrogen (secondary N) is 2. The molecular weight excluding hydrogens is 464 g/mol. The third kappa shape index (κ3) is 5.73. The second-order valence-corrected chi connectivity index (χ2v) is 8.45. The Kier molecular flexibility index (Phi) is 7.22. The molecule has 4 rings (SSSR count). The van der Waals surface area contributed by atoms with Gasteiger partial charge in [-0.25, -0.2) is 0 Å². The molecule has 0 unspecified atom stereocenters. The summed E-state index contributed by atoms with van der Waals surface area (Å²) in [5.74, 6) is 0.154. The molecule has 35 heavy (non-hydrogen) atoms. The van der Waals surface area contributed by atoms with Crippen molar-refractivity contribution >= 4 is 51.3 Å². The maximum Gasteiger partial charge on any atom is 0.248 e. The number of allylic oxidation sites excluding steroid dienone is 1. The second-order valence-electron chi connectivity index (χ2n) is 8.01. The summed E-state index contributed by atoms with van der Waals surface area (Å²) in [6.45, 7) is 5.67. The monoisotopic (exact) mass is 488 g/mol. The van der Waals surface area contributed by atoms with Crippen molar-refractivity contribution in [1.29, 1.82) is 0 Å². The lowest BCUT2D eigenvalue weighted by Crippen LogP contribution is -2.10. The summed E-state index contributed by atoms with van der Waals surface area (Å²) in [6, 6.07) is 18.3. The first kappa shape index (κ1) is 24.1. The summed E-state index contributed by atoms with van der Waals surface area (Å²) in [7, 11) is 0. The number of furan rings is 1. The van der Waals surface area contributed by atoms with Crippen LogP contribution < -0.4 is 15.4 Å². The van der Waals surface area contributed by atoms with E-state index in [1.165, 1.54) is 13.0 Å². The molecule has 0 bridgehead atoms. The maximum atomic E-state index is 12.8. The van der Waals surface area contributed by atoms with Crippen molar-refractivity contribution in [2.75, 3.05) is 17.2 Å². The minimum absolute atomic E-state index is 0.180. The molecule has 2 N–H and O–H groups in total. The summed E-state index contributed by atoms with van der Waals surface area (Å²) in [5.41, 5.74) is 5.29. The van der Waals surface area contributed by atoms with E-state index in [1.807, 2.05) is 50.2 Å². The van der Waals surface area contributed by atoms with Crippen LogP contribution in [0.4, 0.5) is 11.4 Å². The number of halogens is 1. The van der Waals surface area contributed by atoms with E-state index < -0.39 is 0 Å². The number of amides is 2. The minimum Gasteiger partial charge on any atom is -0.493 e. The van der Waals surface area contributed by atoms with Gasteiger partial charge in [0.15, 0.2) is 0 Å². The average Bonchev–Trinajstić information content (AvgIpc) is 3.22. The molecule has 7 heteroatoms. The van der Waals surface area contributed by atoms with Crippen LogP contribution in [0.15, 0.2) is 77.4 Å². The fourth-order valence-corrected chi connectivity index (χ4v) is 3.95. The van der Waals surface area contributed by atoms with Crippen LogP contribution >= 0.6 is 11.6 Å². The molecule has 0 saturated heterocycles. The number of benzene rings is 3.